The van der Waals surface area contributed by atoms with Crippen LogP contribution in [-0.4, -0.2) is 70.1 Å². The fraction of sp³-hybridized carbons (Fsp3) is 0.450. The zero-order valence-electron chi connectivity index (χ0n) is 17.4. The van der Waals surface area contributed by atoms with Crippen LogP contribution < -0.4 is 10.6 Å². The maximum Gasteiger partial charge on any atom is 0.271 e. The van der Waals surface area contributed by atoms with Crippen LogP contribution in [0.4, 0.5) is 10.3 Å². The van der Waals surface area contributed by atoms with E-state index < -0.39 is 5.82 Å². The Morgan fingerprint density at radius 1 is 1.29 bits per heavy atom. The monoisotopic (exact) mass is 445 g/mol. The van der Waals surface area contributed by atoms with Crippen molar-refractivity contribution in [2.45, 2.75) is 19.9 Å². The summed E-state index contributed by atoms with van der Waals surface area (Å²) >= 11 is 1.38. The van der Waals surface area contributed by atoms with E-state index >= 15 is 0 Å². The van der Waals surface area contributed by atoms with Crippen molar-refractivity contribution in [3.63, 3.8) is 0 Å². The molecule has 0 saturated carbocycles. The minimum atomic E-state index is -0.419. The minimum absolute atomic E-state index is 0.257. The molecule has 0 aromatic carbocycles. The Morgan fingerprint density at radius 3 is 2.87 bits per heavy atom. The van der Waals surface area contributed by atoms with Crippen LogP contribution in [0.1, 0.15) is 34.0 Å². The topological polar surface area (TPSA) is 105 Å². The molecule has 0 radical (unpaired) electrons. The van der Waals surface area contributed by atoms with Gasteiger partial charge in [0.1, 0.15) is 10.5 Å². The van der Waals surface area contributed by atoms with E-state index in [4.69, 9.17) is 4.74 Å². The molecule has 4 rings (SSSR count). The van der Waals surface area contributed by atoms with Gasteiger partial charge in [0, 0.05) is 32.4 Å². The Hall–Kier alpha value is -2.76. The highest BCUT2D eigenvalue weighted by Crippen LogP contribution is 2.26. The van der Waals surface area contributed by atoms with Gasteiger partial charge < -0.3 is 15.4 Å². The molecule has 1 aliphatic rings. The number of pyridine rings is 1. The van der Waals surface area contributed by atoms with Gasteiger partial charge in [-0.15, -0.1) is 11.3 Å². The number of amides is 1. The molecule has 1 atom stereocenters. The number of ether oxygens (including phenoxy) is 1. The Morgan fingerprint density at radius 2 is 2.10 bits per heavy atom. The molecule has 1 aliphatic heterocycles. The van der Waals surface area contributed by atoms with Crippen LogP contribution in [0.2, 0.25) is 0 Å². The number of carbonyl (C=O) groups is 1. The van der Waals surface area contributed by atoms with Gasteiger partial charge in [-0.1, -0.05) is 0 Å². The molecule has 4 heterocycles. The van der Waals surface area contributed by atoms with Crippen LogP contribution >= 0.6 is 11.3 Å². The number of rotatable bonds is 7. The van der Waals surface area contributed by atoms with Gasteiger partial charge in [-0.25, -0.2) is 14.4 Å². The molecule has 1 saturated heterocycles. The number of morpholine rings is 1. The van der Waals surface area contributed by atoms with Crippen molar-refractivity contribution < 1.29 is 13.9 Å². The molecule has 0 bridgehead atoms. The third-order valence-corrected chi connectivity index (χ3v) is 5.93. The van der Waals surface area contributed by atoms with Crippen LogP contribution in [0, 0.1) is 12.7 Å². The van der Waals surface area contributed by atoms with Crippen molar-refractivity contribution in [2.75, 3.05) is 44.7 Å². The number of carbonyl (C=O) groups excluding carboxylic acids is 1. The van der Waals surface area contributed by atoms with Gasteiger partial charge in [0.2, 0.25) is 5.95 Å². The lowest BCUT2D eigenvalue weighted by atomic mass is 10.1. The van der Waals surface area contributed by atoms with Crippen molar-refractivity contribution in [1.82, 2.24) is 30.2 Å². The number of aromatic nitrogens is 4. The molecule has 164 valence electrons. The van der Waals surface area contributed by atoms with Crippen LogP contribution in [0.3, 0.4) is 0 Å². The quantitative estimate of drug-likeness (QED) is 0.570. The molecular formula is C20H24FN7O2S. The first-order valence-electron chi connectivity index (χ1n) is 10.1. The lowest BCUT2D eigenvalue weighted by Gasteiger charge is -2.26. The summed E-state index contributed by atoms with van der Waals surface area (Å²) in [5, 5.41) is 6.87. The molecule has 31 heavy (non-hydrogen) atoms. The van der Waals surface area contributed by atoms with E-state index in [0.717, 1.165) is 30.8 Å². The van der Waals surface area contributed by atoms with Gasteiger partial charge in [-0.2, -0.15) is 4.98 Å². The minimum Gasteiger partial charge on any atom is -0.379 e. The van der Waals surface area contributed by atoms with Crippen molar-refractivity contribution in [1.29, 1.82) is 0 Å². The lowest BCUT2D eigenvalue weighted by Crippen LogP contribution is -2.41. The zero-order chi connectivity index (χ0) is 21.8. The maximum absolute atomic E-state index is 13.5. The van der Waals surface area contributed by atoms with Gasteiger partial charge in [-0.05, 0) is 25.5 Å². The smallest absolute Gasteiger partial charge is 0.271 e. The first kappa shape index (κ1) is 21.5. The second-order valence-corrected chi connectivity index (χ2v) is 8.50. The normalized spacial score (nSPS) is 15.7. The highest BCUT2D eigenvalue weighted by Gasteiger charge is 2.20. The summed E-state index contributed by atoms with van der Waals surface area (Å²) in [6.07, 6.45) is 2.72. The predicted octanol–water partition coefficient (Wildman–Crippen LogP) is 2.16. The number of fused-ring (bicyclic) bond motifs is 1. The molecule has 1 fully saturated rings. The SMILES string of the molecule is Cc1nc2nc(NC(C)c3cncc(F)c3)nc(C(=O)NCCN3CCOCC3)c2s1. The first-order chi connectivity index (χ1) is 15.0. The Labute approximate surface area is 183 Å². The molecule has 0 aliphatic carbocycles. The number of hydrogen-bond acceptors (Lipinski definition) is 9. The largest absolute Gasteiger partial charge is 0.379 e. The average molecular weight is 446 g/mol. The predicted molar refractivity (Wildman–Crippen MR) is 116 cm³/mol. The van der Waals surface area contributed by atoms with Crippen LogP contribution in [0.25, 0.3) is 10.3 Å². The van der Waals surface area contributed by atoms with Gasteiger partial charge in [0.05, 0.1) is 30.5 Å². The van der Waals surface area contributed by atoms with Crippen molar-refractivity contribution in [3.05, 3.63) is 40.5 Å². The molecule has 3 aromatic rings. The summed E-state index contributed by atoms with van der Waals surface area (Å²) in [7, 11) is 0. The summed E-state index contributed by atoms with van der Waals surface area (Å²) in [5.41, 5.74) is 1.39. The third kappa shape index (κ3) is 5.30. The molecule has 1 unspecified atom stereocenters. The fourth-order valence-corrected chi connectivity index (χ4v) is 4.17. The summed E-state index contributed by atoms with van der Waals surface area (Å²) in [4.78, 5) is 32.3. The van der Waals surface area contributed by atoms with Crippen LogP contribution in [-0.2, 0) is 4.74 Å². The fourth-order valence-electron chi connectivity index (χ4n) is 3.32. The van der Waals surface area contributed by atoms with Gasteiger partial charge >= 0.3 is 0 Å². The third-order valence-electron chi connectivity index (χ3n) is 4.96. The lowest BCUT2D eigenvalue weighted by molar-refractivity contribution is 0.0383. The van der Waals surface area contributed by atoms with Crippen molar-refractivity contribution in [2.24, 2.45) is 0 Å². The zero-order valence-corrected chi connectivity index (χ0v) is 18.2. The average Bonchev–Trinajstić information content (AvgIpc) is 3.13. The number of halogens is 1. The number of nitrogens with zero attached hydrogens (tertiary/aromatic N) is 5. The molecule has 9 nitrogen and oxygen atoms in total. The van der Waals surface area contributed by atoms with Gasteiger partial charge in [0.15, 0.2) is 11.3 Å². The summed E-state index contributed by atoms with van der Waals surface area (Å²) < 4.78 is 19.5. The molecule has 1 amide bonds. The Bertz CT molecular complexity index is 1070. The molecular weight excluding hydrogens is 421 g/mol. The standard InChI is InChI=1S/C20H24FN7O2S/c1-12(14-9-15(21)11-22-10-14)24-20-26-16(17-18(27-20)25-13(2)31-17)19(29)23-3-4-28-5-7-30-8-6-28/h9-12H,3-8H2,1-2H3,(H,23,29)(H,24,26,27). The summed E-state index contributed by atoms with van der Waals surface area (Å²) in [6, 6.07) is 1.09. The van der Waals surface area contributed by atoms with E-state index in [9.17, 15) is 9.18 Å². The second-order valence-electron chi connectivity index (χ2n) is 7.29. The number of nitrogens with one attached hydrogen (secondary N) is 2. The van der Waals surface area contributed by atoms with Gasteiger partial charge in [0.25, 0.3) is 5.91 Å². The highest BCUT2D eigenvalue weighted by atomic mass is 32.1. The molecule has 11 heteroatoms. The maximum atomic E-state index is 13.5. The second kappa shape index (κ2) is 9.58. The molecule has 2 N–H and O–H groups in total. The van der Waals surface area contributed by atoms with E-state index in [-0.39, 0.29) is 23.6 Å². The summed E-state index contributed by atoms with van der Waals surface area (Å²) in [5.74, 6) is -0.432. The highest BCUT2D eigenvalue weighted by molar-refractivity contribution is 7.18. The van der Waals surface area contributed by atoms with E-state index in [2.05, 4.69) is 35.5 Å². The first-order valence-corrected chi connectivity index (χ1v) is 10.9. The van der Waals surface area contributed by atoms with Crippen molar-refractivity contribution in [3.8, 4) is 0 Å². The van der Waals surface area contributed by atoms with Crippen LogP contribution in [0.15, 0.2) is 18.5 Å². The van der Waals surface area contributed by atoms with E-state index in [1.807, 2.05) is 13.8 Å². The summed E-state index contributed by atoms with van der Waals surface area (Å²) in [6.45, 7) is 8.13. The number of thiazole rings is 1. The van der Waals surface area contributed by atoms with E-state index in [1.165, 1.54) is 17.4 Å². The Balaban J connectivity index is 1.50. The number of anilines is 1. The van der Waals surface area contributed by atoms with Gasteiger partial charge in [-0.3, -0.25) is 14.7 Å². The molecule has 0 spiro atoms. The van der Waals surface area contributed by atoms with Crippen molar-refractivity contribution >= 4 is 33.5 Å². The Kier molecular flexibility index (Phi) is 6.64. The molecule has 3 aromatic heterocycles. The van der Waals surface area contributed by atoms with E-state index in [1.54, 1.807) is 6.20 Å². The van der Waals surface area contributed by atoms with Crippen LogP contribution in [0.5, 0.6) is 0 Å². The number of hydrogen-bond donors (Lipinski definition) is 2. The number of aryl methyl sites for hydroxylation is 1. The van der Waals surface area contributed by atoms with E-state index in [0.29, 0.717) is 35.7 Å².